The minimum Gasteiger partial charge on any atom is -0.349 e. The summed E-state index contributed by atoms with van der Waals surface area (Å²) in [6.45, 7) is 0. The van der Waals surface area contributed by atoms with Crippen LogP contribution < -0.4 is 5.32 Å². The number of amides is 1. The normalized spacial score (nSPS) is 16.2. The molecule has 0 atom stereocenters. The lowest BCUT2D eigenvalue weighted by Gasteiger charge is -2.27. The Bertz CT molecular complexity index is 469. The number of carbonyl (C=O) groups is 1. The van der Waals surface area contributed by atoms with Crippen molar-refractivity contribution < 1.29 is 18.0 Å². The number of carbonyl (C=O) groups excluding carboxylic acids is 1. The lowest BCUT2D eigenvalue weighted by atomic mass is 9.92. The van der Waals surface area contributed by atoms with Crippen LogP contribution in [0.3, 0.4) is 0 Å². The average molecular weight is 322 g/mol. The molecule has 1 aliphatic rings. The van der Waals surface area contributed by atoms with E-state index in [4.69, 9.17) is 0 Å². The van der Waals surface area contributed by atoms with E-state index < -0.39 is 17.6 Å². The molecule has 6 heteroatoms. The summed E-state index contributed by atoms with van der Waals surface area (Å²) < 4.78 is 38.6. The summed E-state index contributed by atoms with van der Waals surface area (Å²) in [6, 6.07) is 3.63. The van der Waals surface area contributed by atoms with Crippen molar-refractivity contribution in [2.45, 2.75) is 31.5 Å². The van der Waals surface area contributed by atoms with E-state index in [0.717, 1.165) is 25.3 Å². The quantitative estimate of drug-likeness (QED) is 0.883. The Morgan fingerprint density at radius 2 is 2.00 bits per heavy atom. The molecule has 1 aromatic rings. The van der Waals surface area contributed by atoms with Gasteiger partial charge >= 0.3 is 6.18 Å². The molecule has 0 aromatic heterocycles. The number of hydrogen-bond donors (Lipinski definition) is 1. The fourth-order valence-corrected chi connectivity index (χ4v) is 2.35. The highest BCUT2D eigenvalue weighted by Crippen LogP contribution is 2.35. The Morgan fingerprint density at radius 1 is 1.33 bits per heavy atom. The van der Waals surface area contributed by atoms with Gasteiger partial charge in [-0.2, -0.15) is 13.2 Å². The van der Waals surface area contributed by atoms with E-state index in [1.54, 1.807) is 0 Å². The molecule has 1 N–H and O–H groups in total. The third-order valence-electron chi connectivity index (χ3n) is 2.99. The predicted octanol–water partition coefficient (Wildman–Crippen LogP) is 3.75. The van der Waals surface area contributed by atoms with Crippen LogP contribution in [-0.2, 0) is 6.18 Å². The van der Waals surface area contributed by atoms with E-state index in [2.05, 4.69) is 21.2 Å². The minimum absolute atomic E-state index is 0.00527. The molecule has 0 bridgehead atoms. The highest BCUT2D eigenvalue weighted by atomic mass is 79.9. The van der Waals surface area contributed by atoms with Gasteiger partial charge in [0.1, 0.15) is 0 Å². The Morgan fingerprint density at radius 3 is 2.50 bits per heavy atom. The first kappa shape index (κ1) is 13.4. The summed E-state index contributed by atoms with van der Waals surface area (Å²) in [6.07, 6.45) is -1.86. The molecule has 0 saturated heterocycles. The zero-order valence-corrected chi connectivity index (χ0v) is 10.9. The van der Waals surface area contributed by atoms with E-state index in [9.17, 15) is 18.0 Å². The van der Waals surface area contributed by atoms with Gasteiger partial charge in [0.05, 0.1) is 11.1 Å². The van der Waals surface area contributed by atoms with Gasteiger partial charge in [0, 0.05) is 10.5 Å². The first-order valence-corrected chi connectivity index (χ1v) is 6.35. The van der Waals surface area contributed by atoms with Crippen molar-refractivity contribution >= 4 is 21.8 Å². The molecule has 1 aliphatic carbocycles. The van der Waals surface area contributed by atoms with Crippen LogP contribution in [0.1, 0.15) is 35.2 Å². The second-order valence-corrected chi connectivity index (χ2v) is 5.12. The molecule has 1 amide bonds. The van der Waals surface area contributed by atoms with E-state index in [0.29, 0.717) is 0 Å². The second-order valence-electron chi connectivity index (χ2n) is 4.26. The van der Waals surface area contributed by atoms with Crippen molar-refractivity contribution in [3.05, 3.63) is 33.8 Å². The Labute approximate surface area is 111 Å². The molecule has 1 fully saturated rings. The van der Waals surface area contributed by atoms with Crippen LogP contribution >= 0.6 is 15.9 Å². The van der Waals surface area contributed by atoms with E-state index in [1.165, 1.54) is 12.1 Å². The van der Waals surface area contributed by atoms with Crippen LogP contribution in [0.4, 0.5) is 13.2 Å². The standard InChI is InChI=1S/C12H11BrF3NO/c13-9-6-2-5-8(12(14,15)16)10(9)11(18)17-7-3-1-4-7/h2,5-7H,1,3-4H2,(H,17,18). The summed E-state index contributed by atoms with van der Waals surface area (Å²) >= 11 is 3.01. The largest absolute Gasteiger partial charge is 0.417 e. The SMILES string of the molecule is O=C(NC1CCC1)c1c(Br)cccc1C(F)(F)F. The second kappa shape index (κ2) is 4.91. The predicted molar refractivity (Wildman–Crippen MR) is 64.2 cm³/mol. The van der Waals surface area contributed by atoms with Crippen LogP contribution in [-0.4, -0.2) is 11.9 Å². The van der Waals surface area contributed by atoms with Gasteiger partial charge in [0.15, 0.2) is 0 Å². The fraction of sp³-hybridized carbons (Fsp3) is 0.417. The van der Waals surface area contributed by atoms with E-state index >= 15 is 0 Å². The molecule has 0 unspecified atom stereocenters. The van der Waals surface area contributed by atoms with Gasteiger partial charge in [-0.25, -0.2) is 0 Å². The van der Waals surface area contributed by atoms with E-state index in [-0.39, 0.29) is 16.1 Å². The molecule has 98 valence electrons. The maximum absolute atomic E-state index is 12.8. The van der Waals surface area contributed by atoms with Crippen molar-refractivity contribution in [2.75, 3.05) is 0 Å². The van der Waals surface area contributed by atoms with Gasteiger partial charge in [-0.1, -0.05) is 6.07 Å². The number of halogens is 4. The zero-order valence-electron chi connectivity index (χ0n) is 9.35. The first-order chi connectivity index (χ1) is 8.39. The van der Waals surface area contributed by atoms with Gasteiger partial charge in [-0.3, -0.25) is 4.79 Å². The average Bonchev–Trinajstić information content (AvgIpc) is 2.21. The lowest BCUT2D eigenvalue weighted by Crippen LogP contribution is -2.40. The van der Waals surface area contributed by atoms with Crippen LogP contribution in [0, 0.1) is 0 Å². The highest BCUT2D eigenvalue weighted by molar-refractivity contribution is 9.10. The molecular weight excluding hydrogens is 311 g/mol. The summed E-state index contributed by atoms with van der Waals surface area (Å²) in [5, 5.41) is 2.62. The van der Waals surface area contributed by atoms with Gasteiger partial charge in [-0.15, -0.1) is 0 Å². The maximum atomic E-state index is 12.8. The summed E-state index contributed by atoms with van der Waals surface area (Å²) in [7, 11) is 0. The molecule has 0 aliphatic heterocycles. The summed E-state index contributed by atoms with van der Waals surface area (Å²) in [5.41, 5.74) is -1.24. The van der Waals surface area contributed by atoms with Crippen molar-refractivity contribution in [1.29, 1.82) is 0 Å². The topological polar surface area (TPSA) is 29.1 Å². The number of alkyl halides is 3. The molecule has 0 heterocycles. The van der Waals surface area contributed by atoms with Crippen molar-refractivity contribution in [3.8, 4) is 0 Å². The molecule has 0 spiro atoms. The maximum Gasteiger partial charge on any atom is 0.417 e. The summed E-state index contributed by atoms with van der Waals surface area (Å²) in [5.74, 6) is -0.667. The Balaban J connectivity index is 2.32. The van der Waals surface area contributed by atoms with Gasteiger partial charge in [0.2, 0.25) is 0 Å². The highest BCUT2D eigenvalue weighted by Gasteiger charge is 2.36. The van der Waals surface area contributed by atoms with Crippen LogP contribution in [0.2, 0.25) is 0 Å². The third-order valence-corrected chi connectivity index (χ3v) is 3.65. The molecule has 18 heavy (non-hydrogen) atoms. The van der Waals surface area contributed by atoms with Gasteiger partial charge < -0.3 is 5.32 Å². The Hall–Kier alpha value is -1.04. The number of benzene rings is 1. The van der Waals surface area contributed by atoms with E-state index in [1.807, 2.05) is 0 Å². The number of nitrogens with one attached hydrogen (secondary N) is 1. The van der Waals surface area contributed by atoms with Gasteiger partial charge in [-0.05, 0) is 47.3 Å². The number of hydrogen-bond acceptors (Lipinski definition) is 1. The monoisotopic (exact) mass is 321 g/mol. The molecular formula is C12H11BrF3NO. The lowest BCUT2D eigenvalue weighted by molar-refractivity contribution is -0.138. The van der Waals surface area contributed by atoms with Gasteiger partial charge in [0.25, 0.3) is 5.91 Å². The van der Waals surface area contributed by atoms with Crippen LogP contribution in [0.25, 0.3) is 0 Å². The van der Waals surface area contributed by atoms with Crippen molar-refractivity contribution in [1.82, 2.24) is 5.32 Å². The summed E-state index contributed by atoms with van der Waals surface area (Å²) in [4.78, 5) is 11.9. The molecule has 2 rings (SSSR count). The Kier molecular flexibility index (Phi) is 3.66. The molecule has 0 radical (unpaired) electrons. The number of rotatable bonds is 2. The smallest absolute Gasteiger partial charge is 0.349 e. The van der Waals surface area contributed by atoms with Crippen LogP contribution in [0.15, 0.2) is 22.7 Å². The first-order valence-electron chi connectivity index (χ1n) is 5.56. The van der Waals surface area contributed by atoms with Crippen LogP contribution in [0.5, 0.6) is 0 Å². The molecule has 1 saturated carbocycles. The van der Waals surface area contributed by atoms with Crippen molar-refractivity contribution in [2.24, 2.45) is 0 Å². The molecule has 1 aromatic carbocycles. The zero-order chi connectivity index (χ0) is 13.3. The third kappa shape index (κ3) is 2.68. The molecule has 2 nitrogen and oxygen atoms in total. The van der Waals surface area contributed by atoms with Crippen molar-refractivity contribution in [3.63, 3.8) is 0 Å². The minimum atomic E-state index is -4.53. The fourth-order valence-electron chi connectivity index (χ4n) is 1.80.